The zero-order chi connectivity index (χ0) is 36.9. The molecule has 10 nitrogen and oxygen atoms in total. The summed E-state index contributed by atoms with van der Waals surface area (Å²) in [5, 5.41) is 0. The lowest BCUT2D eigenvalue weighted by atomic mass is 9.89. The minimum Gasteiger partial charge on any atom is -0.371 e. The zero-order valence-electron chi connectivity index (χ0n) is 28.9. The van der Waals surface area contributed by atoms with Crippen LogP contribution in [0.2, 0.25) is 0 Å². The third-order valence-electron chi connectivity index (χ3n) is 9.56. The molecule has 2 atom stereocenters. The second kappa shape index (κ2) is 16.0. The monoisotopic (exact) mass is 737 g/mol. The Labute approximate surface area is 300 Å². The maximum absolute atomic E-state index is 13.0. The first-order valence-corrected chi connectivity index (χ1v) is 19.7. The molecular weight excluding hydrogens is 694 g/mol. The number of fused-ring (bicyclic) bond motifs is 3. The van der Waals surface area contributed by atoms with Gasteiger partial charge in [-0.25, -0.2) is 4.39 Å². The molecule has 0 radical (unpaired) electrons. The smallest absolute Gasteiger partial charge is 0.294 e. The number of nitrogens with zero attached hydrogens (tertiary/aromatic N) is 3. The van der Waals surface area contributed by atoms with Crippen LogP contribution >= 0.6 is 0 Å². The van der Waals surface area contributed by atoms with Crippen LogP contribution in [0.5, 0.6) is 0 Å². The van der Waals surface area contributed by atoms with Gasteiger partial charge in [0.1, 0.15) is 5.82 Å². The van der Waals surface area contributed by atoms with Crippen molar-refractivity contribution >= 4 is 37.4 Å². The summed E-state index contributed by atoms with van der Waals surface area (Å²) < 4.78 is 72.1. The molecule has 1 fully saturated rings. The van der Waals surface area contributed by atoms with Crippen molar-refractivity contribution in [2.45, 2.75) is 54.9 Å². The van der Waals surface area contributed by atoms with Crippen molar-refractivity contribution in [3.05, 3.63) is 119 Å². The third kappa shape index (κ3) is 9.60. The number of Topliss-reactive ketones (excluding diaryl/α,β-unsaturated/α-hetero) is 1. The number of ketones is 1. The number of para-hydroxylation sites is 1. The van der Waals surface area contributed by atoms with E-state index in [9.17, 15) is 26.0 Å². The molecular formula is C38H44FN3O7S2. The Morgan fingerprint density at radius 2 is 1.35 bits per heavy atom. The van der Waals surface area contributed by atoms with E-state index < -0.39 is 20.2 Å². The highest BCUT2D eigenvalue weighted by Gasteiger charge is 2.44. The molecule has 7 rings (SSSR count). The van der Waals surface area contributed by atoms with Gasteiger partial charge in [-0.15, -0.1) is 0 Å². The minimum absolute atomic E-state index is 0.0666. The summed E-state index contributed by atoms with van der Waals surface area (Å²) in [7, 11) is -5.85. The number of halogens is 1. The van der Waals surface area contributed by atoms with Crippen LogP contribution in [0.1, 0.15) is 52.2 Å². The Morgan fingerprint density at radius 3 is 1.90 bits per heavy atom. The molecule has 51 heavy (non-hydrogen) atoms. The highest BCUT2D eigenvalue weighted by atomic mass is 32.2. The third-order valence-corrected chi connectivity index (χ3v) is 11.3. The number of anilines is 2. The van der Waals surface area contributed by atoms with Gasteiger partial charge in [0, 0.05) is 57.2 Å². The summed E-state index contributed by atoms with van der Waals surface area (Å²) in [6, 6.07) is 25.3. The maximum Gasteiger partial charge on any atom is 0.294 e. The largest absolute Gasteiger partial charge is 0.371 e. The van der Waals surface area contributed by atoms with E-state index in [0.29, 0.717) is 23.9 Å². The fraction of sp³-hybridized carbons (Fsp3) is 0.342. The highest BCUT2D eigenvalue weighted by Crippen LogP contribution is 2.50. The summed E-state index contributed by atoms with van der Waals surface area (Å²) in [6.07, 6.45) is 2.56. The molecule has 4 aromatic rings. The Bertz CT molecular complexity index is 1970. The summed E-state index contributed by atoms with van der Waals surface area (Å²) in [5.74, 6) is 0.377. The van der Waals surface area contributed by atoms with Crippen molar-refractivity contribution in [2.24, 2.45) is 0 Å². The lowest BCUT2D eigenvalue weighted by Gasteiger charge is -2.41. The van der Waals surface area contributed by atoms with E-state index in [1.165, 1.54) is 59.8 Å². The molecule has 0 amide bonds. The van der Waals surface area contributed by atoms with Gasteiger partial charge in [0.05, 0.1) is 21.2 Å². The summed E-state index contributed by atoms with van der Waals surface area (Å²) >= 11 is 0. The number of likely N-dealkylation sites (tertiary alicyclic amines) is 1. The number of hydrogen-bond donors (Lipinski definition) is 2. The van der Waals surface area contributed by atoms with Crippen LogP contribution in [-0.4, -0.2) is 82.4 Å². The number of piperidine rings is 1. The number of carbonyl (C=O) groups is 1. The predicted molar refractivity (Wildman–Crippen MR) is 197 cm³/mol. The SMILES string of the molecule is CN1CCN2c3c(cccc31)[C@@H]1CN(CCCC(=O)c3ccc(F)cc3)CC[C@@H]12.Cc1ccc(S(=O)(=O)O)cc1.Cc1ccc(S(=O)(=O)O)cc1. The zero-order valence-corrected chi connectivity index (χ0v) is 30.6. The van der Waals surface area contributed by atoms with Gasteiger partial charge in [0.2, 0.25) is 0 Å². The molecule has 1 saturated heterocycles. The molecule has 13 heteroatoms. The number of benzene rings is 4. The Hall–Kier alpha value is -4.14. The lowest BCUT2D eigenvalue weighted by molar-refractivity contribution is 0.0971. The normalized spacial score (nSPS) is 18.1. The second-order valence-electron chi connectivity index (χ2n) is 13.2. The van der Waals surface area contributed by atoms with E-state index in [4.69, 9.17) is 9.11 Å². The summed E-state index contributed by atoms with van der Waals surface area (Å²) in [6.45, 7) is 9.02. The van der Waals surface area contributed by atoms with E-state index in [1.54, 1.807) is 36.4 Å². The van der Waals surface area contributed by atoms with E-state index >= 15 is 0 Å². The van der Waals surface area contributed by atoms with Crippen molar-refractivity contribution in [1.29, 1.82) is 0 Å². The quantitative estimate of drug-likeness (QED) is 0.162. The van der Waals surface area contributed by atoms with E-state index in [2.05, 4.69) is 39.9 Å². The van der Waals surface area contributed by atoms with Gasteiger partial charge in [-0.2, -0.15) is 16.8 Å². The number of carbonyl (C=O) groups excluding carboxylic acids is 1. The minimum atomic E-state index is -4.02. The van der Waals surface area contributed by atoms with Crippen LogP contribution < -0.4 is 9.80 Å². The highest BCUT2D eigenvalue weighted by molar-refractivity contribution is 7.86. The van der Waals surface area contributed by atoms with Gasteiger partial charge in [-0.1, -0.05) is 47.5 Å². The second-order valence-corrected chi connectivity index (χ2v) is 16.0. The number of likely N-dealkylation sites (N-methyl/N-ethyl adjacent to an activating group) is 1. The molecule has 3 aliphatic heterocycles. The first-order valence-electron chi connectivity index (χ1n) is 16.8. The van der Waals surface area contributed by atoms with Crippen LogP contribution in [0.4, 0.5) is 15.8 Å². The number of hydrogen-bond acceptors (Lipinski definition) is 8. The van der Waals surface area contributed by atoms with Crippen LogP contribution in [0.3, 0.4) is 0 Å². The van der Waals surface area contributed by atoms with E-state index in [1.807, 2.05) is 13.8 Å². The van der Waals surface area contributed by atoms with Crippen LogP contribution in [-0.2, 0) is 20.2 Å². The van der Waals surface area contributed by atoms with Crippen molar-refractivity contribution in [3.8, 4) is 0 Å². The Kier molecular flexibility index (Phi) is 12.0. The van der Waals surface area contributed by atoms with Gasteiger partial charge in [0.25, 0.3) is 20.2 Å². The molecule has 2 N–H and O–H groups in total. The first-order chi connectivity index (χ1) is 24.1. The molecule has 3 aliphatic rings. The molecule has 0 unspecified atom stereocenters. The molecule has 0 aliphatic carbocycles. The summed E-state index contributed by atoms with van der Waals surface area (Å²) in [4.78, 5) is 19.8. The predicted octanol–water partition coefficient (Wildman–Crippen LogP) is 6.40. The fourth-order valence-corrected chi connectivity index (χ4v) is 7.80. The van der Waals surface area contributed by atoms with Crippen molar-refractivity contribution in [2.75, 3.05) is 49.6 Å². The van der Waals surface area contributed by atoms with Crippen molar-refractivity contribution in [1.82, 2.24) is 4.90 Å². The van der Waals surface area contributed by atoms with Gasteiger partial charge in [-0.05, 0) is 93.4 Å². The number of rotatable bonds is 7. The van der Waals surface area contributed by atoms with Crippen molar-refractivity contribution < 1.29 is 35.1 Å². The molecule has 0 bridgehead atoms. The summed E-state index contributed by atoms with van der Waals surface area (Å²) in [5.41, 5.74) is 6.87. The average molecular weight is 738 g/mol. The fourth-order valence-electron chi connectivity index (χ4n) is 6.84. The van der Waals surface area contributed by atoms with E-state index in [-0.39, 0.29) is 21.4 Å². The van der Waals surface area contributed by atoms with Crippen LogP contribution in [0.15, 0.2) is 101 Å². The molecule has 4 aromatic carbocycles. The van der Waals surface area contributed by atoms with E-state index in [0.717, 1.165) is 50.3 Å². The topological polar surface area (TPSA) is 136 Å². The molecule has 3 heterocycles. The maximum atomic E-state index is 13.0. The van der Waals surface area contributed by atoms with Crippen LogP contribution in [0, 0.1) is 19.7 Å². The van der Waals surface area contributed by atoms with Crippen molar-refractivity contribution in [3.63, 3.8) is 0 Å². The average Bonchev–Trinajstić information content (AvgIpc) is 3.40. The van der Waals surface area contributed by atoms with Gasteiger partial charge < -0.3 is 14.7 Å². The lowest BCUT2D eigenvalue weighted by Crippen LogP contribution is -2.49. The van der Waals surface area contributed by atoms with Crippen LogP contribution in [0.25, 0.3) is 0 Å². The van der Waals surface area contributed by atoms with Gasteiger partial charge >= 0.3 is 0 Å². The van der Waals surface area contributed by atoms with Gasteiger partial charge in [-0.3, -0.25) is 13.9 Å². The molecule has 0 saturated carbocycles. The molecule has 0 aromatic heterocycles. The molecule has 0 spiro atoms. The number of aryl methyl sites for hydroxylation is 2. The Balaban J connectivity index is 0.000000188. The first kappa shape index (κ1) is 38.1. The van der Waals surface area contributed by atoms with Gasteiger partial charge in [0.15, 0.2) is 5.78 Å². The molecule has 272 valence electrons. The standard InChI is InChI=1S/C24H28FN3O.2C7H8O3S/c1-26-14-15-28-21-11-13-27(16-20(21)19-4-2-5-22(26)24(19)28)12-3-6-23(29)17-7-9-18(25)10-8-17;2*1-6-2-4-7(5-3-6)11(8,9)10/h2,4-5,7-10,20-21H,3,6,11-16H2,1H3;2*2-5H,1H3,(H,8,9,10)/t20-,21-;;/m0../s1. The Morgan fingerprint density at radius 1 is 0.784 bits per heavy atom.